The maximum atomic E-state index is 13.3. The van der Waals surface area contributed by atoms with Crippen molar-refractivity contribution in [3.8, 4) is 11.9 Å². The first kappa shape index (κ1) is 16.3. The predicted molar refractivity (Wildman–Crippen MR) is 78.3 cm³/mol. The predicted octanol–water partition coefficient (Wildman–Crippen LogP) is 2.23. The molecule has 2 heterocycles. The van der Waals surface area contributed by atoms with Crippen LogP contribution in [0.4, 0.5) is 4.39 Å². The summed E-state index contributed by atoms with van der Waals surface area (Å²) in [4.78, 5) is 7.12. The Morgan fingerprint density at radius 1 is 1.45 bits per heavy atom. The van der Waals surface area contributed by atoms with E-state index in [9.17, 15) is 12.8 Å². The van der Waals surface area contributed by atoms with Crippen molar-refractivity contribution in [1.82, 2.24) is 9.97 Å². The van der Waals surface area contributed by atoms with E-state index < -0.39 is 21.4 Å². The van der Waals surface area contributed by atoms with E-state index in [-0.39, 0.29) is 22.0 Å². The van der Waals surface area contributed by atoms with Crippen LogP contribution in [0.2, 0.25) is 0 Å². The van der Waals surface area contributed by atoms with Gasteiger partial charge in [0.05, 0.1) is 30.3 Å². The van der Waals surface area contributed by atoms with E-state index in [0.29, 0.717) is 4.47 Å². The highest BCUT2D eigenvalue weighted by atomic mass is 79.9. The summed E-state index contributed by atoms with van der Waals surface area (Å²) in [7, 11) is -2.76. The minimum Gasteiger partial charge on any atom is -0.480 e. The molecule has 2 aromatic heterocycles. The second-order valence-electron chi connectivity index (χ2n) is 4.15. The van der Waals surface area contributed by atoms with Gasteiger partial charge in [-0.05, 0) is 28.1 Å². The Bertz CT molecular complexity index is 865. The summed E-state index contributed by atoms with van der Waals surface area (Å²) in [5.74, 6) is -1.59. The number of nitrogens with zero attached hydrogens (tertiary/aromatic N) is 3. The zero-order valence-electron chi connectivity index (χ0n) is 11.2. The molecule has 22 heavy (non-hydrogen) atoms. The molecule has 0 N–H and O–H groups in total. The minimum absolute atomic E-state index is 0.0585. The number of nitriles is 1. The normalized spacial score (nSPS) is 11.0. The summed E-state index contributed by atoms with van der Waals surface area (Å²) in [6, 6.07) is 4.23. The largest absolute Gasteiger partial charge is 0.480 e. The molecule has 9 heteroatoms. The van der Waals surface area contributed by atoms with Crippen LogP contribution in [-0.4, -0.2) is 25.5 Å². The molecular weight excluding hydrogens is 377 g/mol. The molecule has 2 rings (SSSR count). The summed E-state index contributed by atoms with van der Waals surface area (Å²) in [5, 5.41) is 9.10. The highest BCUT2D eigenvalue weighted by molar-refractivity contribution is 9.10. The second-order valence-corrected chi connectivity index (χ2v) is 6.96. The monoisotopic (exact) mass is 385 g/mol. The average Bonchev–Trinajstić information content (AvgIpc) is 2.47. The molecule has 0 amide bonds. The van der Waals surface area contributed by atoms with Crippen LogP contribution in [0.3, 0.4) is 0 Å². The zero-order valence-corrected chi connectivity index (χ0v) is 13.6. The minimum atomic E-state index is -3.99. The van der Waals surface area contributed by atoms with Gasteiger partial charge < -0.3 is 4.74 Å². The van der Waals surface area contributed by atoms with Crippen LogP contribution < -0.4 is 4.74 Å². The fourth-order valence-corrected chi connectivity index (χ4v) is 3.61. The molecule has 0 aliphatic carbocycles. The van der Waals surface area contributed by atoms with E-state index in [2.05, 4.69) is 25.9 Å². The third kappa shape index (κ3) is 3.23. The quantitative estimate of drug-likeness (QED) is 0.800. The summed E-state index contributed by atoms with van der Waals surface area (Å²) in [5.41, 5.74) is 0.164. The summed E-state index contributed by atoms with van der Waals surface area (Å²) in [6.07, 6.45) is 2.23. The van der Waals surface area contributed by atoms with Crippen molar-refractivity contribution in [3.63, 3.8) is 0 Å². The van der Waals surface area contributed by atoms with Gasteiger partial charge >= 0.3 is 0 Å². The first-order chi connectivity index (χ1) is 10.4. The standard InChI is InChI=1S/C13H9BrFN3O3S/c1-21-13-12(4-8(15)6-18-13)22(19,20)7-11-9(5-16)10(14)2-3-17-11/h2-4,6H,7H2,1H3. The molecule has 0 saturated heterocycles. The lowest BCUT2D eigenvalue weighted by atomic mass is 10.2. The molecule has 6 nitrogen and oxygen atoms in total. The van der Waals surface area contributed by atoms with Gasteiger partial charge in [0.2, 0.25) is 5.88 Å². The lowest BCUT2D eigenvalue weighted by Gasteiger charge is -2.09. The van der Waals surface area contributed by atoms with Gasteiger partial charge in [0.1, 0.15) is 16.8 Å². The van der Waals surface area contributed by atoms with Crippen molar-refractivity contribution in [3.05, 3.63) is 46.1 Å². The Morgan fingerprint density at radius 3 is 2.82 bits per heavy atom. The van der Waals surface area contributed by atoms with Crippen molar-refractivity contribution >= 4 is 25.8 Å². The SMILES string of the molecule is COc1ncc(F)cc1S(=O)(=O)Cc1nccc(Br)c1C#N. The number of hydrogen-bond donors (Lipinski definition) is 0. The lowest BCUT2D eigenvalue weighted by Crippen LogP contribution is -2.11. The molecule has 0 saturated carbocycles. The third-order valence-electron chi connectivity index (χ3n) is 2.73. The first-order valence-corrected chi connectivity index (χ1v) is 8.29. The highest BCUT2D eigenvalue weighted by Crippen LogP contribution is 2.27. The number of pyridine rings is 2. The van der Waals surface area contributed by atoms with Crippen LogP contribution in [0.1, 0.15) is 11.3 Å². The molecule has 0 atom stereocenters. The Kier molecular flexibility index (Phi) is 4.73. The molecule has 0 spiro atoms. The van der Waals surface area contributed by atoms with E-state index in [1.807, 2.05) is 6.07 Å². The summed E-state index contributed by atoms with van der Waals surface area (Å²) < 4.78 is 43.5. The van der Waals surface area contributed by atoms with Crippen LogP contribution >= 0.6 is 15.9 Å². The smallest absolute Gasteiger partial charge is 0.232 e. The van der Waals surface area contributed by atoms with Gasteiger partial charge in [-0.15, -0.1) is 0 Å². The van der Waals surface area contributed by atoms with Crippen LogP contribution in [-0.2, 0) is 15.6 Å². The number of methoxy groups -OCH3 is 1. The Hall–Kier alpha value is -2.05. The lowest BCUT2D eigenvalue weighted by molar-refractivity contribution is 0.382. The third-order valence-corrected chi connectivity index (χ3v) is 5.01. The van der Waals surface area contributed by atoms with E-state index in [1.165, 1.54) is 19.4 Å². The molecule has 2 aromatic rings. The van der Waals surface area contributed by atoms with E-state index >= 15 is 0 Å². The van der Waals surface area contributed by atoms with E-state index in [0.717, 1.165) is 12.3 Å². The van der Waals surface area contributed by atoms with Crippen molar-refractivity contribution in [1.29, 1.82) is 5.26 Å². The maximum absolute atomic E-state index is 13.3. The fourth-order valence-electron chi connectivity index (χ4n) is 1.75. The number of sulfone groups is 1. The number of halogens is 2. The van der Waals surface area contributed by atoms with Gasteiger partial charge in [-0.2, -0.15) is 5.26 Å². The number of aromatic nitrogens is 2. The molecule has 0 fully saturated rings. The maximum Gasteiger partial charge on any atom is 0.232 e. The van der Waals surface area contributed by atoms with Crippen LogP contribution in [0.25, 0.3) is 0 Å². The Morgan fingerprint density at radius 2 is 2.18 bits per heavy atom. The number of ether oxygens (including phenoxy) is 1. The van der Waals surface area contributed by atoms with Gasteiger partial charge in [-0.3, -0.25) is 4.98 Å². The second kappa shape index (κ2) is 6.37. The van der Waals surface area contributed by atoms with E-state index in [4.69, 9.17) is 10.00 Å². The van der Waals surface area contributed by atoms with E-state index in [1.54, 1.807) is 0 Å². The van der Waals surface area contributed by atoms with Crippen molar-refractivity contribution in [2.75, 3.05) is 7.11 Å². The van der Waals surface area contributed by atoms with Gasteiger partial charge in [0, 0.05) is 10.7 Å². The van der Waals surface area contributed by atoms with Crippen molar-refractivity contribution < 1.29 is 17.5 Å². The topological polar surface area (TPSA) is 92.9 Å². The highest BCUT2D eigenvalue weighted by Gasteiger charge is 2.25. The molecule has 0 aromatic carbocycles. The molecular formula is C13H9BrFN3O3S. The van der Waals surface area contributed by atoms with Crippen LogP contribution in [0.5, 0.6) is 5.88 Å². The van der Waals surface area contributed by atoms with Crippen molar-refractivity contribution in [2.24, 2.45) is 0 Å². The van der Waals surface area contributed by atoms with Crippen molar-refractivity contribution in [2.45, 2.75) is 10.6 Å². The average molecular weight is 386 g/mol. The van der Waals surface area contributed by atoms with Gasteiger partial charge in [-0.25, -0.2) is 17.8 Å². The first-order valence-electron chi connectivity index (χ1n) is 5.85. The van der Waals surface area contributed by atoms with Gasteiger partial charge in [-0.1, -0.05) is 0 Å². The molecule has 0 bridgehead atoms. The van der Waals surface area contributed by atoms with Gasteiger partial charge in [0.25, 0.3) is 0 Å². The van der Waals surface area contributed by atoms with Gasteiger partial charge in [0.15, 0.2) is 9.84 Å². The summed E-state index contributed by atoms with van der Waals surface area (Å²) in [6.45, 7) is 0. The molecule has 0 unspecified atom stereocenters. The number of hydrogen-bond acceptors (Lipinski definition) is 6. The Balaban J connectivity index is 2.52. The molecule has 0 aliphatic heterocycles. The number of rotatable bonds is 4. The van der Waals surface area contributed by atoms with Crippen LogP contribution in [0, 0.1) is 17.1 Å². The molecule has 0 aliphatic rings. The Labute approximate surface area is 134 Å². The summed E-state index contributed by atoms with van der Waals surface area (Å²) >= 11 is 3.16. The van der Waals surface area contributed by atoms with Crippen LogP contribution in [0.15, 0.2) is 33.9 Å². The molecule has 0 radical (unpaired) electrons. The zero-order chi connectivity index (χ0) is 16.3. The molecule has 114 valence electrons. The fraction of sp³-hybridized carbons (Fsp3) is 0.154.